The monoisotopic (exact) mass is 142 g/mol. The van der Waals surface area contributed by atoms with Gasteiger partial charge in [-0.3, -0.25) is 4.79 Å². The van der Waals surface area contributed by atoms with Crippen LogP contribution in [-0.2, 0) is 4.79 Å². The SMILES string of the molecule is CC[C@@](C)(C(=O)O)C1CC1. The van der Waals surface area contributed by atoms with Gasteiger partial charge in [0.2, 0.25) is 0 Å². The van der Waals surface area contributed by atoms with Gasteiger partial charge in [-0.05, 0) is 32.1 Å². The lowest BCUT2D eigenvalue weighted by Crippen LogP contribution is -2.28. The Morgan fingerprint density at radius 3 is 2.30 bits per heavy atom. The maximum absolute atomic E-state index is 10.7. The molecule has 1 saturated carbocycles. The van der Waals surface area contributed by atoms with Gasteiger partial charge in [-0.15, -0.1) is 0 Å². The van der Waals surface area contributed by atoms with Crippen LogP contribution in [0.2, 0.25) is 0 Å². The Labute approximate surface area is 61.2 Å². The molecule has 1 atom stereocenters. The summed E-state index contributed by atoms with van der Waals surface area (Å²) in [5, 5.41) is 8.84. The molecular formula is C8H14O2. The molecule has 0 aromatic carbocycles. The average Bonchev–Trinajstić information content (AvgIpc) is 2.67. The van der Waals surface area contributed by atoms with Crippen molar-refractivity contribution in [3.63, 3.8) is 0 Å². The predicted octanol–water partition coefficient (Wildman–Crippen LogP) is 1.90. The summed E-state index contributed by atoms with van der Waals surface area (Å²) in [6.45, 7) is 3.80. The number of aliphatic carboxylic acids is 1. The second-order valence-electron chi connectivity index (χ2n) is 3.35. The van der Waals surface area contributed by atoms with Gasteiger partial charge in [0.05, 0.1) is 5.41 Å². The molecule has 0 radical (unpaired) electrons. The first-order valence-corrected chi connectivity index (χ1v) is 3.84. The topological polar surface area (TPSA) is 37.3 Å². The van der Waals surface area contributed by atoms with E-state index in [0.717, 1.165) is 19.3 Å². The van der Waals surface area contributed by atoms with Crippen molar-refractivity contribution in [3.05, 3.63) is 0 Å². The number of carbonyl (C=O) groups is 1. The third-order valence-electron chi connectivity index (χ3n) is 2.70. The summed E-state index contributed by atoms with van der Waals surface area (Å²) < 4.78 is 0. The fraction of sp³-hybridized carbons (Fsp3) is 0.875. The van der Waals surface area contributed by atoms with Crippen LogP contribution in [-0.4, -0.2) is 11.1 Å². The lowest BCUT2D eigenvalue weighted by molar-refractivity contribution is -0.149. The summed E-state index contributed by atoms with van der Waals surface area (Å²) in [6, 6.07) is 0. The summed E-state index contributed by atoms with van der Waals surface area (Å²) in [7, 11) is 0. The quantitative estimate of drug-likeness (QED) is 0.653. The summed E-state index contributed by atoms with van der Waals surface area (Å²) in [4.78, 5) is 10.7. The van der Waals surface area contributed by atoms with Crippen molar-refractivity contribution in [2.45, 2.75) is 33.1 Å². The summed E-state index contributed by atoms with van der Waals surface area (Å²) in [5.74, 6) is -0.174. The van der Waals surface area contributed by atoms with Gasteiger partial charge >= 0.3 is 5.97 Å². The second-order valence-corrected chi connectivity index (χ2v) is 3.35. The lowest BCUT2D eigenvalue weighted by Gasteiger charge is -2.21. The molecule has 0 bridgehead atoms. The van der Waals surface area contributed by atoms with Crippen molar-refractivity contribution in [3.8, 4) is 0 Å². The summed E-state index contributed by atoms with van der Waals surface area (Å²) in [5.41, 5.74) is -0.431. The third kappa shape index (κ3) is 1.02. The highest BCUT2D eigenvalue weighted by atomic mass is 16.4. The minimum atomic E-state index is -0.627. The van der Waals surface area contributed by atoms with E-state index in [9.17, 15) is 4.79 Å². The average molecular weight is 142 g/mol. The largest absolute Gasteiger partial charge is 0.481 e. The van der Waals surface area contributed by atoms with E-state index in [0.29, 0.717) is 5.92 Å². The van der Waals surface area contributed by atoms with Crippen LogP contribution in [0.1, 0.15) is 33.1 Å². The van der Waals surface area contributed by atoms with E-state index in [1.165, 1.54) is 0 Å². The molecule has 1 aliphatic carbocycles. The van der Waals surface area contributed by atoms with Crippen LogP contribution in [0.4, 0.5) is 0 Å². The van der Waals surface area contributed by atoms with Crippen molar-refractivity contribution in [1.82, 2.24) is 0 Å². The van der Waals surface area contributed by atoms with Crippen molar-refractivity contribution in [2.24, 2.45) is 11.3 Å². The molecule has 0 aliphatic heterocycles. The minimum Gasteiger partial charge on any atom is -0.481 e. The van der Waals surface area contributed by atoms with Gasteiger partial charge in [-0.25, -0.2) is 0 Å². The Balaban J connectivity index is 2.65. The van der Waals surface area contributed by atoms with Crippen molar-refractivity contribution in [2.75, 3.05) is 0 Å². The smallest absolute Gasteiger partial charge is 0.309 e. The molecule has 0 heterocycles. The number of hydrogen-bond donors (Lipinski definition) is 1. The molecule has 0 aromatic heterocycles. The van der Waals surface area contributed by atoms with E-state index < -0.39 is 11.4 Å². The zero-order chi connectivity index (χ0) is 7.78. The van der Waals surface area contributed by atoms with Crippen molar-refractivity contribution >= 4 is 5.97 Å². The van der Waals surface area contributed by atoms with Crippen LogP contribution in [0.25, 0.3) is 0 Å². The number of hydrogen-bond acceptors (Lipinski definition) is 1. The molecular weight excluding hydrogens is 128 g/mol. The van der Waals surface area contributed by atoms with Gasteiger partial charge in [-0.2, -0.15) is 0 Å². The highest BCUT2D eigenvalue weighted by Crippen LogP contribution is 2.47. The molecule has 1 fully saturated rings. The molecule has 0 amide bonds. The normalized spacial score (nSPS) is 23.8. The van der Waals surface area contributed by atoms with E-state index in [1.807, 2.05) is 13.8 Å². The summed E-state index contributed by atoms with van der Waals surface area (Å²) >= 11 is 0. The van der Waals surface area contributed by atoms with Gasteiger partial charge < -0.3 is 5.11 Å². The molecule has 1 aliphatic rings. The number of carboxylic acids is 1. The van der Waals surface area contributed by atoms with Crippen LogP contribution in [0.5, 0.6) is 0 Å². The van der Waals surface area contributed by atoms with Gasteiger partial charge in [-0.1, -0.05) is 6.92 Å². The maximum Gasteiger partial charge on any atom is 0.309 e. The zero-order valence-corrected chi connectivity index (χ0v) is 6.55. The van der Waals surface area contributed by atoms with Crippen LogP contribution in [0.15, 0.2) is 0 Å². The Morgan fingerprint density at radius 1 is 1.70 bits per heavy atom. The van der Waals surface area contributed by atoms with Crippen LogP contribution < -0.4 is 0 Å². The summed E-state index contributed by atoms with van der Waals surface area (Å²) in [6.07, 6.45) is 2.97. The first-order valence-electron chi connectivity index (χ1n) is 3.84. The molecule has 0 saturated heterocycles. The van der Waals surface area contributed by atoms with Crippen molar-refractivity contribution in [1.29, 1.82) is 0 Å². The van der Waals surface area contributed by atoms with Crippen LogP contribution in [0.3, 0.4) is 0 Å². The molecule has 0 aromatic rings. The van der Waals surface area contributed by atoms with E-state index in [1.54, 1.807) is 0 Å². The van der Waals surface area contributed by atoms with Gasteiger partial charge in [0.1, 0.15) is 0 Å². The van der Waals surface area contributed by atoms with E-state index >= 15 is 0 Å². The molecule has 1 N–H and O–H groups in total. The zero-order valence-electron chi connectivity index (χ0n) is 6.55. The fourth-order valence-electron chi connectivity index (χ4n) is 1.33. The van der Waals surface area contributed by atoms with Gasteiger partial charge in [0.15, 0.2) is 0 Å². The standard InChI is InChI=1S/C8H14O2/c1-3-8(2,7(9)10)6-4-5-6/h6H,3-5H2,1-2H3,(H,9,10)/t8-/m1/s1. The first-order chi connectivity index (χ1) is 4.61. The fourth-order valence-corrected chi connectivity index (χ4v) is 1.33. The molecule has 2 heteroatoms. The van der Waals surface area contributed by atoms with Crippen LogP contribution >= 0.6 is 0 Å². The van der Waals surface area contributed by atoms with Crippen LogP contribution in [0, 0.1) is 11.3 Å². The lowest BCUT2D eigenvalue weighted by atomic mass is 9.82. The third-order valence-corrected chi connectivity index (χ3v) is 2.70. The van der Waals surface area contributed by atoms with E-state index in [2.05, 4.69) is 0 Å². The molecule has 10 heavy (non-hydrogen) atoms. The Bertz CT molecular complexity index is 149. The maximum atomic E-state index is 10.7. The highest BCUT2D eigenvalue weighted by molar-refractivity contribution is 5.74. The molecule has 58 valence electrons. The first kappa shape index (κ1) is 7.58. The second kappa shape index (κ2) is 2.26. The van der Waals surface area contributed by atoms with E-state index in [4.69, 9.17) is 5.11 Å². The molecule has 2 nitrogen and oxygen atoms in total. The predicted molar refractivity (Wildman–Crippen MR) is 38.8 cm³/mol. The molecule has 0 spiro atoms. The van der Waals surface area contributed by atoms with E-state index in [-0.39, 0.29) is 0 Å². The molecule has 1 rings (SSSR count). The Hall–Kier alpha value is -0.530. The van der Waals surface area contributed by atoms with Gasteiger partial charge in [0, 0.05) is 0 Å². The van der Waals surface area contributed by atoms with Gasteiger partial charge in [0.25, 0.3) is 0 Å². The number of rotatable bonds is 3. The Kier molecular flexibility index (Phi) is 1.71. The Morgan fingerprint density at radius 2 is 2.20 bits per heavy atom. The molecule has 0 unspecified atom stereocenters. The number of carboxylic acid groups (broad SMARTS) is 1. The minimum absolute atomic E-state index is 0.431. The highest BCUT2D eigenvalue weighted by Gasteiger charge is 2.45. The van der Waals surface area contributed by atoms with Crippen molar-refractivity contribution < 1.29 is 9.90 Å².